The lowest BCUT2D eigenvalue weighted by atomic mass is 10.2. The lowest BCUT2D eigenvalue weighted by molar-refractivity contribution is -0.121. The van der Waals surface area contributed by atoms with Crippen LogP contribution in [0.4, 0.5) is 15.1 Å². The molecule has 0 unspecified atom stereocenters. The van der Waals surface area contributed by atoms with Gasteiger partial charge in [-0.05, 0) is 42.0 Å². The van der Waals surface area contributed by atoms with Gasteiger partial charge in [0.05, 0.1) is 12.1 Å². The SMILES string of the molecule is O=C1NCCN(C(=O)OCc2ccccc2)C[C@@H]1Nc1nc2ccccc2c2nc(-c3ccc(F)cc3)nn12. The first-order chi connectivity index (χ1) is 19.0. The molecular formula is C28H24FN7O3. The van der Waals surface area contributed by atoms with Crippen LogP contribution in [-0.2, 0) is 16.1 Å². The van der Waals surface area contributed by atoms with Crippen LogP contribution in [0.3, 0.4) is 0 Å². The van der Waals surface area contributed by atoms with Crippen LogP contribution in [0.25, 0.3) is 27.9 Å². The summed E-state index contributed by atoms with van der Waals surface area (Å²) in [6.07, 6.45) is -0.516. The Morgan fingerprint density at radius 1 is 1.03 bits per heavy atom. The van der Waals surface area contributed by atoms with Crippen molar-refractivity contribution >= 4 is 34.5 Å². The monoisotopic (exact) mass is 525 g/mol. The van der Waals surface area contributed by atoms with E-state index in [9.17, 15) is 14.0 Å². The van der Waals surface area contributed by atoms with Crippen molar-refractivity contribution in [2.45, 2.75) is 12.6 Å². The van der Waals surface area contributed by atoms with Crippen molar-refractivity contribution in [3.63, 3.8) is 0 Å². The number of halogens is 1. The van der Waals surface area contributed by atoms with Gasteiger partial charge in [-0.15, -0.1) is 5.10 Å². The molecule has 6 rings (SSSR count). The summed E-state index contributed by atoms with van der Waals surface area (Å²) in [5.74, 6) is 0.0235. The summed E-state index contributed by atoms with van der Waals surface area (Å²) in [5.41, 5.74) is 2.68. The van der Waals surface area contributed by atoms with Gasteiger partial charge in [-0.2, -0.15) is 4.52 Å². The number of hydrogen-bond acceptors (Lipinski definition) is 7. The topological polar surface area (TPSA) is 114 Å². The number of benzene rings is 3. The third kappa shape index (κ3) is 5.06. The standard InChI is InChI=1S/C28H24FN7O3/c29-20-12-10-19(11-13-20)24-33-25-21-8-4-5-9-22(21)31-27(36(25)34-24)32-23-16-35(15-14-30-26(23)37)28(38)39-17-18-6-2-1-3-7-18/h1-13,23H,14-17H2,(H,30,37)(H,31,32)/t23-/m0/s1. The molecule has 1 aliphatic heterocycles. The van der Waals surface area contributed by atoms with Crippen molar-refractivity contribution in [1.29, 1.82) is 0 Å². The maximum atomic E-state index is 13.5. The molecule has 1 saturated heterocycles. The number of amides is 2. The van der Waals surface area contributed by atoms with E-state index in [1.807, 2.05) is 54.6 Å². The average Bonchev–Trinajstić information content (AvgIpc) is 3.33. The molecule has 11 heteroatoms. The number of para-hydroxylation sites is 1. The predicted octanol–water partition coefficient (Wildman–Crippen LogP) is 3.63. The van der Waals surface area contributed by atoms with Crippen LogP contribution in [0.2, 0.25) is 0 Å². The van der Waals surface area contributed by atoms with Gasteiger partial charge in [0.2, 0.25) is 11.9 Å². The summed E-state index contributed by atoms with van der Waals surface area (Å²) in [4.78, 5) is 36.7. The summed E-state index contributed by atoms with van der Waals surface area (Å²) in [6.45, 7) is 0.786. The van der Waals surface area contributed by atoms with Crippen LogP contribution >= 0.6 is 0 Å². The summed E-state index contributed by atoms with van der Waals surface area (Å²) in [7, 11) is 0. The molecule has 1 atom stereocenters. The van der Waals surface area contributed by atoms with E-state index in [0.29, 0.717) is 29.1 Å². The van der Waals surface area contributed by atoms with E-state index in [1.165, 1.54) is 21.5 Å². The van der Waals surface area contributed by atoms with Gasteiger partial charge in [-0.1, -0.05) is 42.5 Å². The Labute approximate surface area is 222 Å². The highest BCUT2D eigenvalue weighted by atomic mass is 19.1. The molecule has 2 aromatic heterocycles. The number of hydrogen-bond donors (Lipinski definition) is 2. The first kappa shape index (κ1) is 24.3. The second-order valence-corrected chi connectivity index (χ2v) is 9.10. The number of nitrogens with zero attached hydrogens (tertiary/aromatic N) is 5. The number of rotatable bonds is 5. The Balaban J connectivity index is 1.30. The second kappa shape index (κ2) is 10.4. The van der Waals surface area contributed by atoms with Crippen molar-refractivity contribution in [2.75, 3.05) is 25.0 Å². The smallest absolute Gasteiger partial charge is 0.410 e. The van der Waals surface area contributed by atoms with Gasteiger partial charge in [0.25, 0.3) is 0 Å². The Kier molecular flexibility index (Phi) is 6.45. The fraction of sp³-hybridized carbons (Fsp3) is 0.179. The zero-order valence-corrected chi connectivity index (χ0v) is 20.8. The van der Waals surface area contributed by atoms with Crippen LogP contribution in [0.5, 0.6) is 0 Å². The first-order valence-electron chi connectivity index (χ1n) is 12.5. The third-order valence-corrected chi connectivity index (χ3v) is 6.45. The lowest BCUT2D eigenvalue weighted by Gasteiger charge is -2.23. The van der Waals surface area contributed by atoms with Gasteiger partial charge in [0, 0.05) is 24.0 Å². The Hall–Kier alpha value is -5.06. The number of fused-ring (bicyclic) bond motifs is 3. The highest BCUT2D eigenvalue weighted by molar-refractivity contribution is 5.93. The van der Waals surface area contributed by atoms with E-state index in [4.69, 9.17) is 14.7 Å². The van der Waals surface area contributed by atoms with Crippen molar-refractivity contribution in [2.24, 2.45) is 0 Å². The summed E-state index contributed by atoms with van der Waals surface area (Å²) < 4.78 is 20.5. The maximum Gasteiger partial charge on any atom is 0.410 e. The van der Waals surface area contributed by atoms with Crippen LogP contribution in [0, 0.1) is 5.82 Å². The Morgan fingerprint density at radius 3 is 2.62 bits per heavy atom. The van der Waals surface area contributed by atoms with E-state index in [2.05, 4.69) is 15.7 Å². The first-order valence-corrected chi connectivity index (χ1v) is 12.5. The molecular weight excluding hydrogens is 501 g/mol. The minimum Gasteiger partial charge on any atom is -0.445 e. The quantitative estimate of drug-likeness (QED) is 0.360. The van der Waals surface area contributed by atoms with Crippen LogP contribution in [-0.4, -0.2) is 62.2 Å². The largest absolute Gasteiger partial charge is 0.445 e. The van der Waals surface area contributed by atoms with E-state index >= 15 is 0 Å². The number of nitrogens with one attached hydrogen (secondary N) is 2. The maximum absolute atomic E-state index is 13.5. The van der Waals surface area contributed by atoms with Gasteiger partial charge < -0.3 is 20.3 Å². The molecule has 39 heavy (non-hydrogen) atoms. The summed E-state index contributed by atoms with van der Waals surface area (Å²) in [5, 5.41) is 11.4. The average molecular weight is 526 g/mol. The molecule has 1 fully saturated rings. The zero-order chi connectivity index (χ0) is 26.8. The van der Waals surface area contributed by atoms with Crippen LogP contribution in [0.1, 0.15) is 5.56 Å². The molecule has 5 aromatic rings. The molecule has 0 aliphatic carbocycles. The third-order valence-electron chi connectivity index (χ3n) is 6.45. The van der Waals surface area contributed by atoms with Crippen molar-refractivity contribution in [3.8, 4) is 11.4 Å². The second-order valence-electron chi connectivity index (χ2n) is 9.10. The molecule has 10 nitrogen and oxygen atoms in total. The zero-order valence-electron chi connectivity index (χ0n) is 20.8. The summed E-state index contributed by atoms with van der Waals surface area (Å²) in [6, 6.07) is 21.9. The summed E-state index contributed by atoms with van der Waals surface area (Å²) >= 11 is 0. The van der Waals surface area contributed by atoms with E-state index in [1.54, 1.807) is 12.1 Å². The predicted molar refractivity (Wildman–Crippen MR) is 142 cm³/mol. The minimum absolute atomic E-state index is 0.0645. The molecule has 1 aliphatic rings. The van der Waals surface area contributed by atoms with E-state index < -0.39 is 12.1 Å². The normalized spacial score (nSPS) is 15.7. The van der Waals surface area contributed by atoms with Gasteiger partial charge in [-0.25, -0.2) is 19.2 Å². The highest BCUT2D eigenvalue weighted by Crippen LogP contribution is 2.25. The van der Waals surface area contributed by atoms with Crippen molar-refractivity contribution in [3.05, 3.63) is 90.2 Å². The molecule has 0 spiro atoms. The molecule has 0 radical (unpaired) electrons. The molecule has 2 amide bonds. The number of aromatic nitrogens is 4. The molecule has 3 aromatic carbocycles. The highest BCUT2D eigenvalue weighted by Gasteiger charge is 2.30. The minimum atomic E-state index is -0.827. The number of ether oxygens (including phenoxy) is 1. The van der Waals surface area contributed by atoms with Gasteiger partial charge in [0.1, 0.15) is 18.5 Å². The van der Waals surface area contributed by atoms with Crippen molar-refractivity contribution < 1.29 is 18.7 Å². The van der Waals surface area contributed by atoms with Gasteiger partial charge in [-0.3, -0.25) is 4.79 Å². The molecule has 3 heterocycles. The fourth-order valence-electron chi connectivity index (χ4n) is 4.45. The Morgan fingerprint density at radius 2 is 1.79 bits per heavy atom. The number of anilines is 1. The molecule has 196 valence electrons. The van der Waals surface area contributed by atoms with Gasteiger partial charge >= 0.3 is 6.09 Å². The molecule has 0 bridgehead atoms. The van der Waals surface area contributed by atoms with E-state index in [0.717, 1.165) is 10.9 Å². The van der Waals surface area contributed by atoms with Crippen molar-refractivity contribution in [1.82, 2.24) is 29.8 Å². The Bertz CT molecular complexity index is 1660. The van der Waals surface area contributed by atoms with Crippen LogP contribution < -0.4 is 10.6 Å². The van der Waals surface area contributed by atoms with Crippen LogP contribution in [0.15, 0.2) is 78.9 Å². The lowest BCUT2D eigenvalue weighted by Crippen LogP contribution is -2.44. The number of carbonyl (C=O) groups excluding carboxylic acids is 2. The molecule has 2 N–H and O–H groups in total. The van der Waals surface area contributed by atoms with E-state index in [-0.39, 0.29) is 37.4 Å². The fourth-order valence-corrected chi connectivity index (χ4v) is 4.45. The molecule has 0 saturated carbocycles. The van der Waals surface area contributed by atoms with Gasteiger partial charge in [0.15, 0.2) is 11.5 Å². The number of carbonyl (C=O) groups is 2.